The quantitative estimate of drug-likeness (QED) is 0.840. The fourth-order valence-corrected chi connectivity index (χ4v) is 2.77. The standard InChI is InChI=1S/C12H12BrN3O2S/c1-8-3-2-4-12(15-8)16-19(17,18)9-5-6-10(13)11(14)7-9/h2-7H,14H2,1H3,(H,15,16). The van der Waals surface area contributed by atoms with Gasteiger partial charge < -0.3 is 5.73 Å². The van der Waals surface area contributed by atoms with Gasteiger partial charge >= 0.3 is 0 Å². The average Bonchev–Trinajstić information content (AvgIpc) is 2.32. The van der Waals surface area contributed by atoms with Gasteiger partial charge in [0.2, 0.25) is 0 Å². The molecule has 0 bridgehead atoms. The van der Waals surface area contributed by atoms with Crippen molar-refractivity contribution in [1.82, 2.24) is 4.98 Å². The Balaban J connectivity index is 2.35. The van der Waals surface area contributed by atoms with Crippen molar-refractivity contribution < 1.29 is 8.42 Å². The van der Waals surface area contributed by atoms with E-state index in [4.69, 9.17) is 5.73 Å². The van der Waals surface area contributed by atoms with E-state index in [1.165, 1.54) is 12.1 Å². The number of nitrogens with zero attached hydrogens (tertiary/aromatic N) is 1. The summed E-state index contributed by atoms with van der Waals surface area (Å²) in [4.78, 5) is 4.19. The number of pyridine rings is 1. The normalized spacial score (nSPS) is 11.3. The summed E-state index contributed by atoms with van der Waals surface area (Å²) in [5.41, 5.74) is 6.77. The van der Waals surface area contributed by atoms with E-state index in [9.17, 15) is 8.42 Å². The third kappa shape index (κ3) is 3.24. The molecule has 1 heterocycles. The van der Waals surface area contributed by atoms with E-state index in [0.717, 1.165) is 5.69 Å². The van der Waals surface area contributed by atoms with Crippen LogP contribution in [0.2, 0.25) is 0 Å². The number of rotatable bonds is 3. The van der Waals surface area contributed by atoms with Gasteiger partial charge in [0.25, 0.3) is 10.0 Å². The van der Waals surface area contributed by atoms with Gasteiger partial charge in [0.05, 0.1) is 4.90 Å². The maximum Gasteiger partial charge on any atom is 0.263 e. The van der Waals surface area contributed by atoms with E-state index in [0.29, 0.717) is 10.2 Å². The highest BCUT2D eigenvalue weighted by Gasteiger charge is 2.15. The molecular weight excluding hydrogens is 330 g/mol. The topological polar surface area (TPSA) is 85.1 Å². The lowest BCUT2D eigenvalue weighted by Gasteiger charge is -2.09. The van der Waals surface area contributed by atoms with Crippen LogP contribution in [-0.2, 0) is 10.0 Å². The molecule has 0 radical (unpaired) electrons. The number of hydrogen-bond donors (Lipinski definition) is 2. The van der Waals surface area contributed by atoms with Crippen molar-refractivity contribution >= 4 is 37.5 Å². The van der Waals surface area contributed by atoms with Gasteiger partial charge in [-0.1, -0.05) is 6.07 Å². The molecule has 0 fully saturated rings. The minimum Gasteiger partial charge on any atom is -0.398 e. The average molecular weight is 342 g/mol. The largest absolute Gasteiger partial charge is 0.398 e. The third-order valence-electron chi connectivity index (χ3n) is 2.41. The Kier molecular flexibility index (Phi) is 3.77. The first-order valence-electron chi connectivity index (χ1n) is 5.40. The Morgan fingerprint density at radius 2 is 2.00 bits per heavy atom. The number of aromatic nitrogens is 1. The molecule has 1 aromatic carbocycles. The van der Waals surface area contributed by atoms with Crippen molar-refractivity contribution in [2.24, 2.45) is 0 Å². The summed E-state index contributed by atoms with van der Waals surface area (Å²) in [7, 11) is -3.68. The van der Waals surface area contributed by atoms with Gasteiger partial charge in [0.15, 0.2) is 0 Å². The molecule has 7 heteroatoms. The Labute approximate surface area is 120 Å². The molecule has 1 aromatic heterocycles. The molecule has 5 nitrogen and oxygen atoms in total. The maximum atomic E-state index is 12.2. The summed E-state index contributed by atoms with van der Waals surface area (Å²) < 4.78 is 27.4. The third-order valence-corrected chi connectivity index (χ3v) is 4.48. The van der Waals surface area contributed by atoms with Gasteiger partial charge in [-0.15, -0.1) is 0 Å². The van der Waals surface area contributed by atoms with Crippen molar-refractivity contribution in [3.05, 3.63) is 46.6 Å². The molecule has 0 aliphatic carbocycles. The molecule has 2 aromatic rings. The number of nitrogens with one attached hydrogen (secondary N) is 1. The lowest BCUT2D eigenvalue weighted by Crippen LogP contribution is -2.14. The first-order chi connectivity index (χ1) is 8.88. The van der Waals surface area contributed by atoms with Gasteiger partial charge in [0, 0.05) is 15.9 Å². The molecule has 0 unspecified atom stereocenters. The number of sulfonamides is 1. The first-order valence-corrected chi connectivity index (χ1v) is 7.67. The summed E-state index contributed by atoms with van der Waals surface area (Å²) in [5.74, 6) is 0.279. The van der Waals surface area contributed by atoms with Crippen molar-refractivity contribution in [3.8, 4) is 0 Å². The molecule has 0 aliphatic rings. The summed E-state index contributed by atoms with van der Waals surface area (Å²) in [6.07, 6.45) is 0. The SMILES string of the molecule is Cc1cccc(NS(=O)(=O)c2ccc(Br)c(N)c2)n1. The summed E-state index contributed by atoms with van der Waals surface area (Å²) in [5, 5.41) is 0. The summed E-state index contributed by atoms with van der Waals surface area (Å²) in [6, 6.07) is 9.56. The van der Waals surface area contributed by atoms with Gasteiger partial charge in [-0.25, -0.2) is 13.4 Å². The van der Waals surface area contributed by atoms with Crippen LogP contribution in [0.4, 0.5) is 11.5 Å². The number of nitrogens with two attached hydrogens (primary N) is 1. The second-order valence-corrected chi connectivity index (χ2v) is 6.49. The van der Waals surface area contributed by atoms with Crippen LogP contribution >= 0.6 is 15.9 Å². The zero-order chi connectivity index (χ0) is 14.0. The zero-order valence-electron chi connectivity index (χ0n) is 10.1. The van der Waals surface area contributed by atoms with Crippen molar-refractivity contribution in [3.63, 3.8) is 0 Å². The van der Waals surface area contributed by atoms with E-state index in [1.54, 1.807) is 31.2 Å². The molecule has 0 saturated heterocycles. The molecular formula is C12H12BrN3O2S. The second kappa shape index (κ2) is 5.18. The van der Waals surface area contributed by atoms with Crippen LogP contribution in [0.5, 0.6) is 0 Å². The molecule has 19 heavy (non-hydrogen) atoms. The molecule has 0 spiro atoms. The van der Waals surface area contributed by atoms with Crippen LogP contribution in [-0.4, -0.2) is 13.4 Å². The van der Waals surface area contributed by atoms with Crippen molar-refractivity contribution in [2.75, 3.05) is 10.5 Å². The minimum absolute atomic E-state index is 0.0940. The molecule has 2 rings (SSSR count). The molecule has 0 saturated carbocycles. The van der Waals surface area contributed by atoms with E-state index in [1.807, 2.05) is 0 Å². The number of hydrogen-bond acceptors (Lipinski definition) is 4. The van der Waals surface area contributed by atoms with Gasteiger partial charge in [-0.3, -0.25) is 4.72 Å². The van der Waals surface area contributed by atoms with Gasteiger partial charge in [-0.2, -0.15) is 0 Å². The fraction of sp³-hybridized carbons (Fsp3) is 0.0833. The van der Waals surface area contributed by atoms with Crippen molar-refractivity contribution in [2.45, 2.75) is 11.8 Å². The molecule has 3 N–H and O–H groups in total. The van der Waals surface area contributed by atoms with Gasteiger partial charge in [0.1, 0.15) is 5.82 Å². The predicted octanol–water partition coefficient (Wildman–Crippen LogP) is 2.54. The van der Waals surface area contributed by atoms with Crippen molar-refractivity contribution in [1.29, 1.82) is 0 Å². The number of nitrogen functional groups attached to an aromatic ring is 1. The Hall–Kier alpha value is -1.60. The van der Waals surface area contributed by atoms with Crippen LogP contribution in [0.1, 0.15) is 5.69 Å². The summed E-state index contributed by atoms with van der Waals surface area (Å²) in [6.45, 7) is 1.79. The highest BCUT2D eigenvalue weighted by Crippen LogP contribution is 2.23. The molecule has 0 atom stereocenters. The number of benzene rings is 1. The molecule has 0 amide bonds. The van der Waals surface area contributed by atoms with E-state index in [2.05, 4.69) is 25.6 Å². The Morgan fingerprint density at radius 3 is 2.63 bits per heavy atom. The minimum atomic E-state index is -3.68. The summed E-state index contributed by atoms with van der Waals surface area (Å²) >= 11 is 3.22. The smallest absolute Gasteiger partial charge is 0.263 e. The lowest BCUT2D eigenvalue weighted by atomic mass is 10.3. The number of anilines is 2. The van der Waals surface area contributed by atoms with Crippen LogP contribution in [0, 0.1) is 6.92 Å². The predicted molar refractivity (Wildman–Crippen MR) is 78.3 cm³/mol. The number of aryl methyl sites for hydroxylation is 1. The fourth-order valence-electron chi connectivity index (χ4n) is 1.49. The Bertz CT molecular complexity index is 717. The van der Waals surface area contributed by atoms with E-state index >= 15 is 0 Å². The van der Waals surface area contributed by atoms with E-state index < -0.39 is 10.0 Å². The highest BCUT2D eigenvalue weighted by molar-refractivity contribution is 9.10. The monoisotopic (exact) mass is 341 g/mol. The molecule has 0 aliphatic heterocycles. The first kappa shape index (κ1) is 13.8. The Morgan fingerprint density at radius 1 is 1.26 bits per heavy atom. The van der Waals surface area contributed by atoms with Gasteiger partial charge in [-0.05, 0) is 53.2 Å². The van der Waals surface area contributed by atoms with Crippen LogP contribution < -0.4 is 10.5 Å². The number of halogens is 1. The van der Waals surface area contributed by atoms with Crippen LogP contribution in [0.25, 0.3) is 0 Å². The van der Waals surface area contributed by atoms with E-state index in [-0.39, 0.29) is 10.7 Å². The van der Waals surface area contributed by atoms with Crippen LogP contribution in [0.15, 0.2) is 45.8 Å². The molecule has 100 valence electrons. The second-order valence-electron chi connectivity index (χ2n) is 3.95. The maximum absolute atomic E-state index is 12.2. The van der Waals surface area contributed by atoms with Crippen LogP contribution in [0.3, 0.4) is 0 Å². The highest BCUT2D eigenvalue weighted by atomic mass is 79.9. The zero-order valence-corrected chi connectivity index (χ0v) is 12.5. The lowest BCUT2D eigenvalue weighted by molar-refractivity contribution is 0.601.